The summed E-state index contributed by atoms with van der Waals surface area (Å²) in [4.78, 5) is 24.7. The minimum Gasteiger partial charge on any atom is -0.481 e. The van der Waals surface area contributed by atoms with E-state index in [1.807, 2.05) is 13.8 Å². The van der Waals surface area contributed by atoms with Gasteiger partial charge in [-0.25, -0.2) is 8.42 Å². The average Bonchev–Trinajstić information content (AvgIpc) is 2.61. The zero-order chi connectivity index (χ0) is 19.5. The summed E-state index contributed by atoms with van der Waals surface area (Å²) in [6.07, 6.45) is 0.795. The van der Waals surface area contributed by atoms with Gasteiger partial charge in [0.15, 0.2) is 0 Å². The number of piperidine rings is 1. The first kappa shape index (κ1) is 20.4. The van der Waals surface area contributed by atoms with E-state index in [1.165, 1.54) is 9.21 Å². The first-order valence-corrected chi connectivity index (χ1v) is 10.1. The molecular weight excluding hydrogens is 356 g/mol. The Morgan fingerprint density at radius 2 is 1.81 bits per heavy atom. The summed E-state index contributed by atoms with van der Waals surface area (Å²) >= 11 is 0. The number of nitrogens with zero attached hydrogens (tertiary/aromatic N) is 2. The SMILES string of the molecule is Cc1ccc(S(=O)(=O)N2CCC(C(=O)N(C)CCC(=O)O)CC2)cc1C. The highest BCUT2D eigenvalue weighted by Crippen LogP contribution is 2.26. The van der Waals surface area contributed by atoms with Crippen LogP contribution in [0.2, 0.25) is 0 Å². The highest BCUT2D eigenvalue weighted by molar-refractivity contribution is 7.89. The number of hydrogen-bond acceptors (Lipinski definition) is 4. The molecule has 0 unspecified atom stereocenters. The zero-order valence-corrected chi connectivity index (χ0v) is 16.3. The van der Waals surface area contributed by atoms with E-state index >= 15 is 0 Å². The van der Waals surface area contributed by atoms with E-state index in [1.54, 1.807) is 25.2 Å². The molecule has 0 atom stereocenters. The fourth-order valence-electron chi connectivity index (χ4n) is 3.05. The third kappa shape index (κ3) is 4.62. The summed E-state index contributed by atoms with van der Waals surface area (Å²) < 4.78 is 27.0. The summed E-state index contributed by atoms with van der Waals surface area (Å²) in [7, 11) is -1.97. The minimum atomic E-state index is -3.56. The fraction of sp³-hybridized carbons (Fsp3) is 0.556. The van der Waals surface area contributed by atoms with E-state index in [0.29, 0.717) is 25.9 Å². The molecule has 7 nitrogen and oxygen atoms in total. The van der Waals surface area contributed by atoms with Gasteiger partial charge < -0.3 is 10.0 Å². The van der Waals surface area contributed by atoms with Gasteiger partial charge in [-0.2, -0.15) is 4.31 Å². The lowest BCUT2D eigenvalue weighted by atomic mass is 9.96. The molecule has 1 heterocycles. The number of rotatable bonds is 6. The molecule has 0 bridgehead atoms. The van der Waals surface area contributed by atoms with Gasteiger partial charge in [0.2, 0.25) is 15.9 Å². The van der Waals surface area contributed by atoms with Crippen LogP contribution in [0, 0.1) is 19.8 Å². The number of carbonyl (C=O) groups excluding carboxylic acids is 1. The van der Waals surface area contributed by atoms with Crippen molar-refractivity contribution in [3.8, 4) is 0 Å². The van der Waals surface area contributed by atoms with Crippen LogP contribution in [0.15, 0.2) is 23.1 Å². The minimum absolute atomic E-state index is 0.0950. The van der Waals surface area contributed by atoms with E-state index < -0.39 is 16.0 Å². The summed E-state index contributed by atoms with van der Waals surface area (Å²) in [5.74, 6) is -1.33. The molecule has 1 aromatic carbocycles. The number of hydrogen-bond donors (Lipinski definition) is 1. The van der Waals surface area contributed by atoms with Crippen molar-refractivity contribution >= 4 is 21.9 Å². The van der Waals surface area contributed by atoms with Gasteiger partial charge in [-0.05, 0) is 49.9 Å². The van der Waals surface area contributed by atoms with Crippen molar-refractivity contribution in [3.05, 3.63) is 29.3 Å². The standard InChI is InChI=1S/C18H26N2O5S/c1-13-4-5-16(12-14(13)2)26(24,25)20-10-6-15(7-11-20)18(23)19(3)9-8-17(21)22/h4-5,12,15H,6-11H2,1-3H3,(H,21,22). The Morgan fingerprint density at radius 1 is 1.19 bits per heavy atom. The first-order chi connectivity index (χ1) is 12.1. The maximum atomic E-state index is 12.8. The van der Waals surface area contributed by atoms with E-state index in [2.05, 4.69) is 0 Å². The van der Waals surface area contributed by atoms with Crippen molar-refractivity contribution in [2.24, 2.45) is 5.92 Å². The molecule has 1 fully saturated rings. The maximum absolute atomic E-state index is 12.8. The summed E-state index contributed by atoms with van der Waals surface area (Å²) in [6.45, 7) is 4.56. The number of aryl methyl sites for hydroxylation is 2. The van der Waals surface area contributed by atoms with Gasteiger partial charge in [0.25, 0.3) is 0 Å². The molecule has 0 aromatic heterocycles. The molecule has 1 saturated heterocycles. The molecule has 1 aromatic rings. The Balaban J connectivity index is 1.99. The average molecular weight is 382 g/mol. The second-order valence-corrected chi connectivity index (χ2v) is 8.77. The van der Waals surface area contributed by atoms with Crippen molar-refractivity contribution < 1.29 is 23.1 Å². The smallest absolute Gasteiger partial charge is 0.305 e. The lowest BCUT2D eigenvalue weighted by Gasteiger charge is -2.32. The van der Waals surface area contributed by atoms with E-state index in [-0.39, 0.29) is 29.7 Å². The summed E-state index contributed by atoms with van der Waals surface area (Å²) in [6, 6.07) is 5.10. The first-order valence-electron chi connectivity index (χ1n) is 8.67. The zero-order valence-electron chi connectivity index (χ0n) is 15.4. The Hall–Kier alpha value is -1.93. The van der Waals surface area contributed by atoms with Gasteiger partial charge in [-0.3, -0.25) is 9.59 Å². The van der Waals surface area contributed by atoms with Gasteiger partial charge in [0.1, 0.15) is 0 Å². The Morgan fingerprint density at radius 3 is 2.35 bits per heavy atom. The van der Waals surface area contributed by atoms with Gasteiger partial charge in [0.05, 0.1) is 11.3 Å². The maximum Gasteiger partial charge on any atom is 0.305 e. The number of carboxylic acid groups (broad SMARTS) is 1. The van der Waals surface area contributed by atoms with Crippen LogP contribution >= 0.6 is 0 Å². The highest BCUT2D eigenvalue weighted by atomic mass is 32.2. The van der Waals surface area contributed by atoms with Crippen molar-refractivity contribution in [2.75, 3.05) is 26.7 Å². The molecule has 144 valence electrons. The van der Waals surface area contributed by atoms with Crippen LogP contribution in [0.5, 0.6) is 0 Å². The van der Waals surface area contributed by atoms with Crippen LogP contribution in [0.1, 0.15) is 30.4 Å². The predicted molar refractivity (Wildman–Crippen MR) is 97.3 cm³/mol. The van der Waals surface area contributed by atoms with Crippen LogP contribution in [-0.2, 0) is 19.6 Å². The van der Waals surface area contributed by atoms with Gasteiger partial charge >= 0.3 is 5.97 Å². The number of carbonyl (C=O) groups is 2. The second kappa shape index (κ2) is 8.18. The molecular formula is C18H26N2O5S. The van der Waals surface area contributed by atoms with Crippen LogP contribution in [0.25, 0.3) is 0 Å². The third-order valence-corrected chi connectivity index (χ3v) is 6.85. The van der Waals surface area contributed by atoms with Crippen molar-refractivity contribution in [1.29, 1.82) is 0 Å². The van der Waals surface area contributed by atoms with Gasteiger partial charge in [0, 0.05) is 32.6 Å². The number of carboxylic acids is 1. The molecule has 0 radical (unpaired) electrons. The quantitative estimate of drug-likeness (QED) is 0.807. The lowest BCUT2D eigenvalue weighted by Crippen LogP contribution is -2.43. The molecule has 1 aliphatic rings. The third-order valence-electron chi connectivity index (χ3n) is 4.96. The van der Waals surface area contributed by atoms with E-state index in [0.717, 1.165) is 11.1 Å². The van der Waals surface area contributed by atoms with Crippen LogP contribution in [0.3, 0.4) is 0 Å². The van der Waals surface area contributed by atoms with E-state index in [9.17, 15) is 18.0 Å². The van der Waals surface area contributed by atoms with Crippen molar-refractivity contribution in [3.63, 3.8) is 0 Å². The fourth-order valence-corrected chi connectivity index (χ4v) is 4.61. The molecule has 26 heavy (non-hydrogen) atoms. The normalized spacial score (nSPS) is 16.4. The van der Waals surface area contributed by atoms with Crippen LogP contribution in [-0.4, -0.2) is 61.3 Å². The molecule has 8 heteroatoms. The largest absolute Gasteiger partial charge is 0.481 e. The molecule has 0 aliphatic carbocycles. The van der Waals surface area contributed by atoms with E-state index in [4.69, 9.17) is 5.11 Å². The van der Waals surface area contributed by atoms with Gasteiger partial charge in [-0.15, -0.1) is 0 Å². The Bertz CT molecular complexity index is 783. The van der Waals surface area contributed by atoms with Gasteiger partial charge in [-0.1, -0.05) is 6.07 Å². The molecule has 0 spiro atoms. The number of benzene rings is 1. The Labute approximate surface area is 154 Å². The molecule has 0 saturated carbocycles. The van der Waals surface area contributed by atoms with Crippen LogP contribution < -0.4 is 0 Å². The monoisotopic (exact) mass is 382 g/mol. The second-order valence-electron chi connectivity index (χ2n) is 6.83. The van der Waals surface area contributed by atoms with Crippen molar-refractivity contribution in [1.82, 2.24) is 9.21 Å². The van der Waals surface area contributed by atoms with Crippen molar-refractivity contribution in [2.45, 2.75) is 38.0 Å². The molecule has 1 aliphatic heterocycles. The lowest BCUT2D eigenvalue weighted by molar-refractivity contribution is -0.139. The predicted octanol–water partition coefficient (Wildman–Crippen LogP) is 1.64. The molecule has 1 amide bonds. The topological polar surface area (TPSA) is 95.0 Å². The molecule has 1 N–H and O–H groups in total. The highest BCUT2D eigenvalue weighted by Gasteiger charge is 2.33. The summed E-state index contributed by atoms with van der Waals surface area (Å²) in [5.41, 5.74) is 1.97. The number of sulfonamides is 1. The molecule has 2 rings (SSSR count). The Kier molecular flexibility index (Phi) is 6.41. The summed E-state index contributed by atoms with van der Waals surface area (Å²) in [5, 5.41) is 8.71. The number of amides is 1. The van der Waals surface area contributed by atoms with Crippen LogP contribution in [0.4, 0.5) is 0 Å². The number of aliphatic carboxylic acids is 1.